The van der Waals surface area contributed by atoms with Gasteiger partial charge in [-0.25, -0.2) is 0 Å². The largest absolute Gasteiger partial charge is 0.301 e. The van der Waals surface area contributed by atoms with Gasteiger partial charge in [0, 0.05) is 26.0 Å². The summed E-state index contributed by atoms with van der Waals surface area (Å²) in [5.74, 6) is 0. The summed E-state index contributed by atoms with van der Waals surface area (Å²) in [6.45, 7) is 0.878. The highest BCUT2D eigenvalue weighted by Crippen LogP contribution is 1.98. The van der Waals surface area contributed by atoms with Gasteiger partial charge in [-0.3, -0.25) is 4.98 Å². The van der Waals surface area contributed by atoms with E-state index in [1.807, 2.05) is 24.1 Å². The van der Waals surface area contributed by atoms with Crippen LogP contribution in [0.2, 0.25) is 0 Å². The summed E-state index contributed by atoms with van der Waals surface area (Å²) in [7, 11) is 5.69. The maximum Gasteiger partial charge on any atom is 0.0271 e. The second-order valence-electron chi connectivity index (χ2n) is 2.37. The zero-order valence-electron chi connectivity index (χ0n) is 6.12. The summed E-state index contributed by atoms with van der Waals surface area (Å²) in [5.41, 5.74) is 1.24. The molecule has 1 aromatic rings. The van der Waals surface area contributed by atoms with Crippen molar-refractivity contribution in [3.8, 4) is 0 Å². The number of pyridine rings is 1. The molecule has 0 aromatic carbocycles. The molecule has 10 heavy (non-hydrogen) atoms. The van der Waals surface area contributed by atoms with Crippen LogP contribution in [0.5, 0.6) is 0 Å². The number of aromatic nitrogens is 1. The molecule has 1 rings (SSSR count). The van der Waals surface area contributed by atoms with Crippen LogP contribution in [0.1, 0.15) is 5.56 Å². The quantitative estimate of drug-likeness (QED) is 0.607. The topological polar surface area (TPSA) is 16.1 Å². The van der Waals surface area contributed by atoms with E-state index in [0.29, 0.717) is 0 Å². The van der Waals surface area contributed by atoms with Gasteiger partial charge in [-0.15, -0.1) is 0 Å². The molecule has 2 nitrogen and oxygen atoms in total. The molecular weight excluding hydrogens is 124 g/mol. The van der Waals surface area contributed by atoms with Crippen LogP contribution in [-0.2, 0) is 6.54 Å². The Morgan fingerprint density at radius 1 is 1.50 bits per heavy atom. The van der Waals surface area contributed by atoms with Crippen LogP contribution >= 0.6 is 0 Å². The molecule has 0 aliphatic heterocycles. The lowest BCUT2D eigenvalue weighted by Gasteiger charge is -2.07. The summed E-state index contributed by atoms with van der Waals surface area (Å²) >= 11 is 0. The van der Waals surface area contributed by atoms with Gasteiger partial charge >= 0.3 is 0 Å². The second kappa shape index (κ2) is 3.32. The van der Waals surface area contributed by atoms with Crippen LogP contribution in [0.4, 0.5) is 0 Å². The van der Waals surface area contributed by atoms with Crippen molar-refractivity contribution in [2.75, 3.05) is 7.05 Å². The predicted octanol–water partition coefficient (Wildman–Crippen LogP) is 1.30. The highest BCUT2D eigenvalue weighted by atomic mass is 15.0. The lowest BCUT2D eigenvalue weighted by molar-refractivity contribution is 0.444. The van der Waals surface area contributed by atoms with Crippen molar-refractivity contribution in [3.05, 3.63) is 37.1 Å². The highest BCUT2D eigenvalue weighted by molar-refractivity contribution is 5.08. The van der Waals surface area contributed by atoms with E-state index < -0.39 is 0 Å². The number of hydrogen-bond acceptors (Lipinski definition) is 2. The molecule has 0 bridgehead atoms. The van der Waals surface area contributed by atoms with E-state index in [0.717, 1.165) is 6.54 Å². The molecule has 0 unspecified atom stereocenters. The minimum Gasteiger partial charge on any atom is -0.301 e. The Morgan fingerprint density at radius 2 is 2.10 bits per heavy atom. The predicted molar refractivity (Wildman–Crippen MR) is 41.1 cm³/mol. The van der Waals surface area contributed by atoms with Gasteiger partial charge in [0.25, 0.3) is 0 Å². The molecule has 0 amide bonds. The standard InChI is InChI=1S/C8H11N2/c1-10(2)7-8-3-5-9-6-4-8/h3-6H,1,7H2,2H3. The van der Waals surface area contributed by atoms with Gasteiger partial charge in [0.2, 0.25) is 0 Å². The highest BCUT2D eigenvalue weighted by Gasteiger charge is 1.91. The van der Waals surface area contributed by atoms with Crippen LogP contribution in [0, 0.1) is 7.05 Å². The van der Waals surface area contributed by atoms with E-state index in [4.69, 9.17) is 0 Å². The van der Waals surface area contributed by atoms with E-state index in [2.05, 4.69) is 12.0 Å². The third-order valence-corrected chi connectivity index (χ3v) is 1.20. The number of rotatable bonds is 2. The van der Waals surface area contributed by atoms with Gasteiger partial charge < -0.3 is 4.90 Å². The van der Waals surface area contributed by atoms with Crippen LogP contribution in [0.25, 0.3) is 0 Å². The molecule has 0 fully saturated rings. The first kappa shape index (κ1) is 7.22. The van der Waals surface area contributed by atoms with Crippen molar-refractivity contribution in [2.45, 2.75) is 6.54 Å². The van der Waals surface area contributed by atoms with Gasteiger partial charge in [0.1, 0.15) is 0 Å². The summed E-state index contributed by atoms with van der Waals surface area (Å²) in [6, 6.07) is 3.98. The fourth-order valence-corrected chi connectivity index (χ4v) is 0.800. The summed E-state index contributed by atoms with van der Waals surface area (Å²) in [4.78, 5) is 5.80. The lowest BCUT2D eigenvalue weighted by Crippen LogP contribution is -2.07. The third-order valence-electron chi connectivity index (χ3n) is 1.20. The van der Waals surface area contributed by atoms with Crippen molar-refractivity contribution in [1.82, 2.24) is 9.88 Å². The molecule has 1 aromatic heterocycles. The monoisotopic (exact) mass is 135 g/mol. The van der Waals surface area contributed by atoms with Gasteiger partial charge in [-0.05, 0) is 24.7 Å². The molecule has 1 heterocycles. The Morgan fingerprint density at radius 3 is 2.60 bits per heavy atom. The normalized spacial score (nSPS) is 10.3. The maximum atomic E-state index is 3.91. The summed E-state index contributed by atoms with van der Waals surface area (Å²) in [6.07, 6.45) is 3.58. The average molecular weight is 135 g/mol. The Balaban J connectivity index is 2.59. The molecule has 0 saturated carbocycles. The van der Waals surface area contributed by atoms with E-state index >= 15 is 0 Å². The number of hydrogen-bond donors (Lipinski definition) is 0. The molecular formula is C8H11N2. The molecule has 0 spiro atoms. The Kier molecular flexibility index (Phi) is 2.40. The SMILES string of the molecule is [CH2]N(C)Cc1ccncc1. The minimum atomic E-state index is 0.878. The van der Waals surface area contributed by atoms with Crippen LogP contribution < -0.4 is 0 Å². The molecule has 53 valence electrons. The smallest absolute Gasteiger partial charge is 0.0271 e. The zero-order chi connectivity index (χ0) is 7.40. The van der Waals surface area contributed by atoms with Gasteiger partial charge in [-0.2, -0.15) is 0 Å². The summed E-state index contributed by atoms with van der Waals surface area (Å²) in [5, 5.41) is 0. The fourth-order valence-electron chi connectivity index (χ4n) is 0.800. The Hall–Kier alpha value is -0.890. The third kappa shape index (κ3) is 2.15. The average Bonchev–Trinajstić information content (AvgIpc) is 1.88. The van der Waals surface area contributed by atoms with Gasteiger partial charge in [0.05, 0.1) is 0 Å². The first-order valence-corrected chi connectivity index (χ1v) is 3.19. The molecule has 0 N–H and O–H groups in total. The number of nitrogens with zero attached hydrogens (tertiary/aromatic N) is 2. The maximum absolute atomic E-state index is 3.91. The minimum absolute atomic E-state index is 0.878. The lowest BCUT2D eigenvalue weighted by atomic mass is 10.3. The molecule has 0 atom stereocenters. The van der Waals surface area contributed by atoms with Crippen LogP contribution in [0.15, 0.2) is 24.5 Å². The fraction of sp³-hybridized carbons (Fsp3) is 0.250. The van der Waals surface area contributed by atoms with Gasteiger partial charge in [-0.1, -0.05) is 0 Å². The van der Waals surface area contributed by atoms with Crippen molar-refractivity contribution < 1.29 is 0 Å². The Labute approximate surface area is 61.5 Å². The zero-order valence-corrected chi connectivity index (χ0v) is 6.12. The molecule has 0 aliphatic carbocycles. The van der Waals surface area contributed by atoms with E-state index in [1.165, 1.54) is 5.56 Å². The molecule has 2 heteroatoms. The van der Waals surface area contributed by atoms with Crippen molar-refractivity contribution >= 4 is 0 Å². The Bertz CT molecular complexity index is 182. The van der Waals surface area contributed by atoms with Crippen LogP contribution in [0.3, 0.4) is 0 Å². The van der Waals surface area contributed by atoms with Crippen molar-refractivity contribution in [2.24, 2.45) is 0 Å². The second-order valence-corrected chi connectivity index (χ2v) is 2.37. The van der Waals surface area contributed by atoms with E-state index in [9.17, 15) is 0 Å². The van der Waals surface area contributed by atoms with E-state index in [1.54, 1.807) is 12.4 Å². The molecule has 0 aliphatic rings. The molecule has 0 saturated heterocycles. The first-order valence-electron chi connectivity index (χ1n) is 3.19. The van der Waals surface area contributed by atoms with Crippen molar-refractivity contribution in [3.63, 3.8) is 0 Å². The summed E-state index contributed by atoms with van der Waals surface area (Å²) < 4.78 is 0. The first-order chi connectivity index (χ1) is 4.79. The van der Waals surface area contributed by atoms with Crippen LogP contribution in [-0.4, -0.2) is 16.9 Å². The van der Waals surface area contributed by atoms with Gasteiger partial charge in [0.15, 0.2) is 0 Å². The van der Waals surface area contributed by atoms with Crippen molar-refractivity contribution in [1.29, 1.82) is 0 Å². The van der Waals surface area contributed by atoms with E-state index in [-0.39, 0.29) is 0 Å². The molecule has 1 radical (unpaired) electrons.